The Morgan fingerprint density at radius 1 is 1.00 bits per heavy atom. The van der Waals surface area contributed by atoms with Gasteiger partial charge < -0.3 is 4.74 Å². The van der Waals surface area contributed by atoms with Crippen LogP contribution in [0.4, 0.5) is 0 Å². The molecule has 15 heavy (non-hydrogen) atoms. The van der Waals surface area contributed by atoms with Crippen LogP contribution in [0.3, 0.4) is 0 Å². The van der Waals surface area contributed by atoms with Gasteiger partial charge in [-0.05, 0) is 18.1 Å². The second kappa shape index (κ2) is 4.09. The van der Waals surface area contributed by atoms with Gasteiger partial charge in [0.2, 0.25) is 0 Å². The van der Waals surface area contributed by atoms with Crippen LogP contribution in [0.25, 0.3) is 0 Å². The molecule has 0 fully saturated rings. The zero-order chi connectivity index (χ0) is 9.38. The van der Waals surface area contributed by atoms with Crippen LogP contribution in [0, 0.1) is 6.07 Å². The minimum absolute atomic E-state index is 0. The summed E-state index contributed by atoms with van der Waals surface area (Å²) in [7, 11) is 0. The summed E-state index contributed by atoms with van der Waals surface area (Å²) in [6.07, 6.45) is 0.923. The van der Waals surface area contributed by atoms with Crippen LogP contribution in [0.5, 0.6) is 11.5 Å². The second-order valence-electron chi connectivity index (χ2n) is 3.40. The van der Waals surface area contributed by atoms with Gasteiger partial charge >= 0.3 is 0 Å². The van der Waals surface area contributed by atoms with Crippen molar-refractivity contribution in [1.29, 1.82) is 0 Å². The molecule has 0 radical (unpaired) electrons. The summed E-state index contributed by atoms with van der Waals surface area (Å²) in [5.41, 5.74) is 2.38. The van der Waals surface area contributed by atoms with Gasteiger partial charge in [-0.1, -0.05) is 18.2 Å². The normalized spacial score (nSPS) is 11.7. The summed E-state index contributed by atoms with van der Waals surface area (Å²) in [6.45, 7) is 0. The summed E-state index contributed by atoms with van der Waals surface area (Å²) in [6, 6.07) is 17.2. The summed E-state index contributed by atoms with van der Waals surface area (Å²) >= 11 is 0. The van der Waals surface area contributed by atoms with Gasteiger partial charge in [-0.15, -0.1) is 11.6 Å². The summed E-state index contributed by atoms with van der Waals surface area (Å²) < 4.78 is 5.75. The zero-order valence-corrected chi connectivity index (χ0v) is 9.11. The summed E-state index contributed by atoms with van der Waals surface area (Å²) in [5, 5.41) is 0. The molecule has 0 unspecified atom stereocenters. The molecule has 0 spiro atoms. The molecule has 0 aromatic heterocycles. The third-order valence-corrected chi connectivity index (χ3v) is 2.46. The first kappa shape index (κ1) is 10.3. The molecule has 0 aliphatic carbocycles. The van der Waals surface area contributed by atoms with Crippen molar-refractivity contribution < 1.29 is 21.8 Å². The van der Waals surface area contributed by atoms with E-state index in [9.17, 15) is 0 Å². The Bertz CT molecular complexity index is 392. The third kappa shape index (κ3) is 1.79. The van der Waals surface area contributed by atoms with E-state index in [0.29, 0.717) is 0 Å². The van der Waals surface area contributed by atoms with E-state index >= 15 is 0 Å². The second-order valence-corrected chi connectivity index (χ2v) is 3.40. The van der Waals surface area contributed by atoms with E-state index in [1.807, 2.05) is 36.4 Å². The molecule has 0 bridgehead atoms. The summed E-state index contributed by atoms with van der Waals surface area (Å²) in [5.74, 6) is 1.91. The Labute approximate surface area is 99.6 Å². The van der Waals surface area contributed by atoms with Gasteiger partial charge in [0, 0.05) is 22.8 Å². The Morgan fingerprint density at radius 3 is 2.73 bits per heavy atom. The predicted molar refractivity (Wildman–Crippen MR) is 54.6 cm³/mol. The van der Waals surface area contributed by atoms with Gasteiger partial charge in [-0.25, -0.2) is 0 Å². The van der Waals surface area contributed by atoms with Crippen molar-refractivity contribution in [3.05, 3.63) is 59.7 Å². The Balaban J connectivity index is 0.000000853. The van der Waals surface area contributed by atoms with Gasteiger partial charge in [-0.2, -0.15) is 18.2 Å². The quantitative estimate of drug-likeness (QED) is 0.431. The number of hydrogen-bond donors (Lipinski definition) is 0. The molecule has 1 aliphatic rings. The molecule has 2 aromatic rings. The molecule has 76 valence electrons. The molecular weight excluding hydrogens is 228 g/mol. The average molecular weight is 237 g/mol. The van der Waals surface area contributed by atoms with E-state index in [4.69, 9.17) is 4.74 Å². The Hall–Kier alpha value is -1.24. The van der Waals surface area contributed by atoms with Gasteiger partial charge in [0.15, 0.2) is 0 Å². The first-order valence-electron chi connectivity index (χ1n) is 4.69. The molecule has 2 aromatic carbocycles. The van der Waals surface area contributed by atoms with Crippen LogP contribution in [0.15, 0.2) is 42.5 Å². The predicted octanol–water partition coefficient (Wildman–Crippen LogP) is 3.18. The number of fused-ring (bicyclic) bond motifs is 2. The maximum atomic E-state index is 5.75. The fourth-order valence-corrected chi connectivity index (χ4v) is 1.75. The number of hydrogen-bond acceptors (Lipinski definition) is 1. The molecule has 0 amide bonds. The van der Waals surface area contributed by atoms with Gasteiger partial charge in [0.1, 0.15) is 5.75 Å². The first-order valence-corrected chi connectivity index (χ1v) is 4.69. The molecular formula is C13H9FeO-. The van der Waals surface area contributed by atoms with E-state index in [1.165, 1.54) is 5.56 Å². The minimum Gasteiger partial charge on any atom is -0.516 e. The van der Waals surface area contributed by atoms with Crippen molar-refractivity contribution >= 4 is 0 Å². The molecule has 1 nitrogen and oxygen atoms in total. The van der Waals surface area contributed by atoms with E-state index in [1.54, 1.807) is 0 Å². The third-order valence-electron chi connectivity index (χ3n) is 2.46. The maximum absolute atomic E-state index is 5.75. The standard InChI is InChI=1S/C13H9O.Fe/c1-3-7-12-10(5-1)9-11-6-2-4-8-13(11)14-12;/h1-5,7-8H,9H2;/q-1;. The number of ether oxygens (including phenoxy) is 1. The summed E-state index contributed by atoms with van der Waals surface area (Å²) in [4.78, 5) is 0. The van der Waals surface area contributed by atoms with Gasteiger partial charge in [0.25, 0.3) is 0 Å². The first-order chi connectivity index (χ1) is 6.93. The fraction of sp³-hybridized carbons (Fsp3) is 0.0769. The monoisotopic (exact) mass is 237 g/mol. The largest absolute Gasteiger partial charge is 0.516 e. The molecule has 2 heteroatoms. The van der Waals surface area contributed by atoms with E-state index < -0.39 is 0 Å². The maximum Gasteiger partial charge on any atom is 0.114 e. The van der Waals surface area contributed by atoms with Crippen molar-refractivity contribution in [3.8, 4) is 11.5 Å². The zero-order valence-electron chi connectivity index (χ0n) is 8.01. The van der Waals surface area contributed by atoms with E-state index in [2.05, 4.69) is 12.1 Å². The van der Waals surface area contributed by atoms with Crippen LogP contribution in [0.1, 0.15) is 11.1 Å². The van der Waals surface area contributed by atoms with Crippen LogP contribution in [-0.4, -0.2) is 0 Å². The van der Waals surface area contributed by atoms with Crippen molar-refractivity contribution in [3.63, 3.8) is 0 Å². The van der Waals surface area contributed by atoms with Crippen LogP contribution < -0.4 is 4.74 Å². The molecule has 1 heterocycles. The smallest absolute Gasteiger partial charge is 0.114 e. The SMILES string of the molecule is [Fe].[c-]1cccc2c1Cc1ccccc1O2. The van der Waals surface area contributed by atoms with Crippen molar-refractivity contribution in [2.75, 3.05) is 0 Å². The van der Waals surface area contributed by atoms with Crippen molar-refractivity contribution in [2.24, 2.45) is 0 Å². The van der Waals surface area contributed by atoms with Gasteiger partial charge in [0.05, 0.1) is 0 Å². The van der Waals surface area contributed by atoms with Crippen LogP contribution in [0.2, 0.25) is 0 Å². The Morgan fingerprint density at radius 2 is 1.80 bits per heavy atom. The van der Waals surface area contributed by atoms with Crippen LogP contribution in [-0.2, 0) is 23.5 Å². The number of rotatable bonds is 0. The topological polar surface area (TPSA) is 9.23 Å². The van der Waals surface area contributed by atoms with Crippen molar-refractivity contribution in [2.45, 2.75) is 6.42 Å². The van der Waals surface area contributed by atoms with E-state index in [0.717, 1.165) is 23.5 Å². The molecule has 0 atom stereocenters. The van der Waals surface area contributed by atoms with E-state index in [-0.39, 0.29) is 17.1 Å². The molecule has 0 saturated heterocycles. The van der Waals surface area contributed by atoms with Gasteiger partial charge in [-0.3, -0.25) is 0 Å². The Kier molecular flexibility index (Phi) is 2.81. The fourth-order valence-electron chi connectivity index (χ4n) is 1.75. The molecule has 3 rings (SSSR count). The molecule has 1 aliphatic heterocycles. The van der Waals surface area contributed by atoms with Crippen LogP contribution >= 0.6 is 0 Å². The van der Waals surface area contributed by atoms with Crippen molar-refractivity contribution in [1.82, 2.24) is 0 Å². The number of benzene rings is 2. The minimum atomic E-state index is 0. The molecule has 0 N–H and O–H groups in total. The molecule has 0 saturated carbocycles. The number of para-hydroxylation sites is 1. The average Bonchev–Trinajstić information content (AvgIpc) is 2.26.